The van der Waals surface area contributed by atoms with Crippen molar-refractivity contribution in [2.75, 3.05) is 23.9 Å². The highest BCUT2D eigenvalue weighted by Crippen LogP contribution is 2.24. The highest BCUT2D eigenvalue weighted by atomic mass is 35.5. The van der Waals surface area contributed by atoms with Crippen LogP contribution >= 0.6 is 11.6 Å². The molecule has 138 valence electrons. The number of nitrogens with one attached hydrogen (secondary N) is 1. The zero-order chi connectivity index (χ0) is 18.9. The normalized spacial score (nSPS) is 18.5. The van der Waals surface area contributed by atoms with Crippen LogP contribution < -0.4 is 5.32 Å². The van der Waals surface area contributed by atoms with E-state index in [4.69, 9.17) is 11.6 Å². The molecule has 1 fully saturated rings. The molecular formula is C18H20ClN3O3S. The van der Waals surface area contributed by atoms with Crippen molar-refractivity contribution in [2.45, 2.75) is 19.4 Å². The van der Waals surface area contributed by atoms with Gasteiger partial charge in [-0.1, -0.05) is 11.6 Å². The molecule has 0 saturated carbocycles. The number of carbonyl (C=O) groups is 1. The number of hydrogen-bond acceptors (Lipinski definition) is 5. The number of hydrogen-bond donors (Lipinski definition) is 1. The lowest BCUT2D eigenvalue weighted by Crippen LogP contribution is -2.37. The Morgan fingerprint density at radius 2 is 2.08 bits per heavy atom. The van der Waals surface area contributed by atoms with Crippen molar-refractivity contribution in [1.29, 1.82) is 0 Å². The number of sulfone groups is 1. The Balaban J connectivity index is 1.77. The number of pyridine rings is 1. The van der Waals surface area contributed by atoms with Gasteiger partial charge in [-0.15, -0.1) is 0 Å². The third-order valence-corrected chi connectivity index (χ3v) is 6.51. The molecule has 0 bridgehead atoms. The van der Waals surface area contributed by atoms with E-state index >= 15 is 0 Å². The average Bonchev–Trinajstić information content (AvgIpc) is 2.96. The van der Waals surface area contributed by atoms with Gasteiger partial charge in [-0.3, -0.25) is 9.78 Å². The lowest BCUT2D eigenvalue weighted by atomic mass is 10.1. The molecular weight excluding hydrogens is 374 g/mol. The Morgan fingerprint density at radius 1 is 1.31 bits per heavy atom. The van der Waals surface area contributed by atoms with Crippen LogP contribution in [-0.2, 0) is 9.84 Å². The summed E-state index contributed by atoms with van der Waals surface area (Å²) in [6.45, 7) is 1.94. The van der Waals surface area contributed by atoms with E-state index in [2.05, 4.69) is 10.3 Å². The molecule has 1 atom stereocenters. The molecule has 8 heteroatoms. The summed E-state index contributed by atoms with van der Waals surface area (Å²) in [5.74, 6) is -0.0914. The summed E-state index contributed by atoms with van der Waals surface area (Å²) >= 11 is 5.97. The first-order valence-electron chi connectivity index (χ1n) is 8.21. The third-order valence-electron chi connectivity index (χ3n) is 4.53. The van der Waals surface area contributed by atoms with Crippen LogP contribution in [0.15, 0.2) is 36.7 Å². The Morgan fingerprint density at radius 3 is 2.73 bits per heavy atom. The summed E-state index contributed by atoms with van der Waals surface area (Å²) in [5, 5.41) is 3.88. The van der Waals surface area contributed by atoms with Gasteiger partial charge in [0.15, 0.2) is 9.84 Å². The van der Waals surface area contributed by atoms with Gasteiger partial charge in [0, 0.05) is 30.0 Å². The van der Waals surface area contributed by atoms with Crippen molar-refractivity contribution in [3.8, 4) is 0 Å². The fourth-order valence-corrected chi connectivity index (χ4v) is 5.00. The predicted molar refractivity (Wildman–Crippen MR) is 103 cm³/mol. The maximum absolute atomic E-state index is 12.7. The van der Waals surface area contributed by atoms with Gasteiger partial charge in [-0.25, -0.2) is 8.42 Å². The van der Waals surface area contributed by atoms with E-state index in [1.807, 2.05) is 19.1 Å². The zero-order valence-electron chi connectivity index (χ0n) is 14.6. The molecule has 1 aromatic heterocycles. The van der Waals surface area contributed by atoms with E-state index in [9.17, 15) is 13.2 Å². The topological polar surface area (TPSA) is 79.4 Å². The van der Waals surface area contributed by atoms with E-state index in [1.165, 1.54) is 11.1 Å². The van der Waals surface area contributed by atoms with Crippen LogP contribution in [0.25, 0.3) is 0 Å². The van der Waals surface area contributed by atoms with Gasteiger partial charge in [0.05, 0.1) is 29.0 Å². The number of benzene rings is 1. The molecule has 6 nitrogen and oxygen atoms in total. The van der Waals surface area contributed by atoms with Crippen LogP contribution in [-0.4, -0.2) is 48.8 Å². The van der Waals surface area contributed by atoms with Crippen LogP contribution in [0.1, 0.15) is 22.3 Å². The van der Waals surface area contributed by atoms with Crippen molar-refractivity contribution in [3.05, 3.63) is 52.8 Å². The Bertz CT molecular complexity index is 946. The zero-order valence-corrected chi connectivity index (χ0v) is 16.1. The fourth-order valence-electron chi connectivity index (χ4n) is 3.00. The van der Waals surface area contributed by atoms with E-state index in [1.54, 1.807) is 25.4 Å². The van der Waals surface area contributed by atoms with Crippen molar-refractivity contribution in [2.24, 2.45) is 0 Å². The number of aryl methyl sites for hydroxylation is 1. The lowest BCUT2D eigenvalue weighted by Gasteiger charge is -2.23. The van der Waals surface area contributed by atoms with Crippen molar-refractivity contribution in [3.63, 3.8) is 0 Å². The van der Waals surface area contributed by atoms with Gasteiger partial charge in [0.25, 0.3) is 5.91 Å². The second-order valence-electron chi connectivity index (χ2n) is 6.52. The van der Waals surface area contributed by atoms with Crippen LogP contribution in [0.2, 0.25) is 5.02 Å². The molecule has 0 radical (unpaired) electrons. The first kappa shape index (κ1) is 18.7. The smallest absolute Gasteiger partial charge is 0.255 e. The van der Waals surface area contributed by atoms with Crippen LogP contribution in [0.3, 0.4) is 0 Å². The number of amides is 1. The summed E-state index contributed by atoms with van der Waals surface area (Å²) in [5.41, 5.74) is 2.93. The first-order valence-corrected chi connectivity index (χ1v) is 10.4. The lowest BCUT2D eigenvalue weighted by molar-refractivity contribution is 0.0747. The standard InChI is InChI=1S/C18H20ClN3O3S/c1-12-7-14(19)3-4-17(12)21-15-8-13(9-20-10-15)18(23)22(2)16-5-6-26(24,25)11-16/h3-4,7-10,16,21H,5-6,11H2,1-2H3. The number of anilines is 2. The quantitative estimate of drug-likeness (QED) is 0.863. The average molecular weight is 394 g/mol. The molecule has 1 aliphatic rings. The number of rotatable bonds is 4. The molecule has 1 N–H and O–H groups in total. The van der Waals surface area contributed by atoms with E-state index in [0.29, 0.717) is 22.7 Å². The van der Waals surface area contributed by atoms with Gasteiger partial charge >= 0.3 is 0 Å². The van der Waals surface area contributed by atoms with Gasteiger partial charge in [0.2, 0.25) is 0 Å². The summed E-state index contributed by atoms with van der Waals surface area (Å²) in [4.78, 5) is 18.3. The number of aromatic nitrogens is 1. The van der Waals surface area contributed by atoms with Gasteiger partial charge < -0.3 is 10.2 Å². The number of halogens is 1. The fraction of sp³-hybridized carbons (Fsp3) is 0.333. The van der Waals surface area contributed by atoms with Crippen LogP contribution in [0.4, 0.5) is 11.4 Å². The molecule has 1 aliphatic heterocycles. The molecule has 1 amide bonds. The van der Waals surface area contributed by atoms with Crippen LogP contribution in [0.5, 0.6) is 0 Å². The van der Waals surface area contributed by atoms with Gasteiger partial charge in [-0.05, 0) is 43.2 Å². The molecule has 26 heavy (non-hydrogen) atoms. The maximum atomic E-state index is 12.7. The highest BCUT2D eigenvalue weighted by Gasteiger charge is 2.33. The summed E-state index contributed by atoms with van der Waals surface area (Å²) in [6.07, 6.45) is 3.59. The maximum Gasteiger partial charge on any atom is 0.255 e. The minimum absolute atomic E-state index is 0.0184. The predicted octanol–water partition coefficient (Wildman–Crippen LogP) is 3.05. The van der Waals surface area contributed by atoms with Crippen molar-refractivity contribution >= 4 is 38.7 Å². The Labute approximate surface area is 158 Å². The molecule has 1 aromatic carbocycles. The number of carbonyl (C=O) groups excluding carboxylic acids is 1. The van der Waals surface area contributed by atoms with E-state index < -0.39 is 9.84 Å². The van der Waals surface area contributed by atoms with Crippen molar-refractivity contribution in [1.82, 2.24) is 9.88 Å². The van der Waals surface area contributed by atoms with Gasteiger partial charge in [0.1, 0.15) is 0 Å². The van der Waals surface area contributed by atoms with Gasteiger partial charge in [-0.2, -0.15) is 0 Å². The summed E-state index contributed by atoms with van der Waals surface area (Å²) < 4.78 is 23.3. The summed E-state index contributed by atoms with van der Waals surface area (Å²) in [6, 6.07) is 6.92. The molecule has 3 rings (SSSR count). The largest absolute Gasteiger partial charge is 0.354 e. The van der Waals surface area contributed by atoms with E-state index in [-0.39, 0.29) is 23.5 Å². The van der Waals surface area contributed by atoms with Crippen molar-refractivity contribution < 1.29 is 13.2 Å². The second kappa shape index (κ2) is 7.25. The SMILES string of the molecule is Cc1cc(Cl)ccc1Nc1cncc(C(=O)N(C)C2CCS(=O)(=O)C2)c1. The molecule has 0 aliphatic carbocycles. The minimum Gasteiger partial charge on any atom is -0.354 e. The monoisotopic (exact) mass is 393 g/mol. The molecule has 2 aromatic rings. The third kappa shape index (κ3) is 4.16. The molecule has 1 unspecified atom stereocenters. The number of nitrogens with zero attached hydrogens (tertiary/aromatic N) is 2. The Kier molecular flexibility index (Phi) is 5.20. The summed E-state index contributed by atoms with van der Waals surface area (Å²) in [7, 11) is -1.41. The highest BCUT2D eigenvalue weighted by molar-refractivity contribution is 7.91. The Hall–Kier alpha value is -2.12. The van der Waals surface area contributed by atoms with Crippen LogP contribution in [0, 0.1) is 6.92 Å². The second-order valence-corrected chi connectivity index (χ2v) is 9.18. The first-order chi connectivity index (χ1) is 12.2. The molecule has 2 heterocycles. The molecule has 1 saturated heterocycles. The molecule has 0 spiro atoms. The minimum atomic E-state index is -3.05. The van der Waals surface area contributed by atoms with E-state index in [0.717, 1.165) is 11.3 Å².